The molecule has 0 unspecified atom stereocenters. The van der Waals surface area contributed by atoms with Crippen LogP contribution in [0.5, 0.6) is 0 Å². The maximum atomic E-state index is 12.2. The van der Waals surface area contributed by atoms with E-state index in [0.717, 1.165) is 22.1 Å². The highest BCUT2D eigenvalue weighted by Crippen LogP contribution is 2.21. The first kappa shape index (κ1) is 10.8. The fraction of sp³-hybridized carbons (Fsp3) is 0.300. The summed E-state index contributed by atoms with van der Waals surface area (Å²) < 4.78 is 1.97. The molecule has 2 aromatic heterocycles. The molecule has 0 atom stereocenters. The van der Waals surface area contributed by atoms with Crippen LogP contribution in [0, 0.1) is 0 Å². The number of aromatic nitrogens is 3. The summed E-state index contributed by atoms with van der Waals surface area (Å²) in [5.41, 5.74) is 0. The number of carbonyl (C=O) groups is 1. The van der Waals surface area contributed by atoms with Gasteiger partial charge < -0.3 is 9.47 Å². The predicted molar refractivity (Wildman–Crippen MR) is 66.3 cm³/mol. The van der Waals surface area contributed by atoms with Gasteiger partial charge in [-0.25, -0.2) is 0 Å². The zero-order chi connectivity index (χ0) is 11.8. The van der Waals surface area contributed by atoms with E-state index in [0.29, 0.717) is 13.1 Å². The monoisotopic (exact) mass is 266 g/mol. The summed E-state index contributed by atoms with van der Waals surface area (Å²) in [7, 11) is 0. The van der Waals surface area contributed by atoms with Gasteiger partial charge in [0.15, 0.2) is 5.82 Å². The molecule has 2 aromatic rings. The Kier molecular flexibility index (Phi) is 2.64. The number of fused-ring (bicyclic) bond motifs is 1. The molecule has 0 aliphatic carbocycles. The highest BCUT2D eigenvalue weighted by Gasteiger charge is 2.23. The summed E-state index contributed by atoms with van der Waals surface area (Å²) in [6.45, 7) is 1.98. The molecule has 0 saturated carbocycles. The van der Waals surface area contributed by atoms with Crippen LogP contribution in [0.25, 0.3) is 0 Å². The molecule has 0 bridgehead atoms. The Bertz CT molecular complexity index is 562. The van der Waals surface area contributed by atoms with Crippen LogP contribution in [0.2, 0.25) is 0 Å². The second-order valence-corrected chi connectivity index (χ2v) is 5.26. The van der Waals surface area contributed by atoms with E-state index in [1.54, 1.807) is 17.3 Å². The van der Waals surface area contributed by atoms with E-state index in [1.165, 1.54) is 11.3 Å². The van der Waals surface area contributed by atoms with Crippen molar-refractivity contribution in [1.29, 1.82) is 0 Å². The fourth-order valence-corrected chi connectivity index (χ4v) is 2.95. The predicted octanol–water partition coefficient (Wildman–Crippen LogP) is 1.28. The van der Waals surface area contributed by atoms with Gasteiger partial charge in [0.1, 0.15) is 6.33 Å². The number of thiol groups is 1. The van der Waals surface area contributed by atoms with Gasteiger partial charge in [-0.2, -0.15) is 0 Å². The number of hydrogen-bond donors (Lipinski definition) is 1. The van der Waals surface area contributed by atoms with Gasteiger partial charge >= 0.3 is 0 Å². The largest absolute Gasteiger partial charge is 0.329 e. The van der Waals surface area contributed by atoms with Crippen LogP contribution in [0.1, 0.15) is 15.5 Å². The molecule has 0 saturated heterocycles. The average molecular weight is 266 g/mol. The number of amides is 1. The average Bonchev–Trinajstić information content (AvgIpc) is 2.95. The molecule has 7 heteroatoms. The van der Waals surface area contributed by atoms with Gasteiger partial charge in [0.2, 0.25) is 0 Å². The quantitative estimate of drug-likeness (QED) is 0.791. The molecule has 1 aliphatic heterocycles. The first-order valence-corrected chi connectivity index (χ1v) is 6.50. The molecule has 88 valence electrons. The van der Waals surface area contributed by atoms with E-state index in [2.05, 4.69) is 22.8 Å². The van der Waals surface area contributed by atoms with E-state index in [1.807, 2.05) is 9.95 Å². The van der Waals surface area contributed by atoms with Gasteiger partial charge in [0.25, 0.3) is 5.91 Å². The van der Waals surface area contributed by atoms with Gasteiger partial charge in [0.05, 0.1) is 11.4 Å². The Balaban J connectivity index is 1.81. The second kappa shape index (κ2) is 4.15. The summed E-state index contributed by atoms with van der Waals surface area (Å²) in [6, 6.07) is 1.80. The van der Waals surface area contributed by atoms with Crippen molar-refractivity contribution in [3.63, 3.8) is 0 Å². The summed E-state index contributed by atoms with van der Waals surface area (Å²) in [4.78, 5) is 15.5. The van der Waals surface area contributed by atoms with Crippen molar-refractivity contribution in [2.45, 2.75) is 18.0 Å². The number of rotatable bonds is 1. The summed E-state index contributed by atoms with van der Waals surface area (Å²) in [5, 5.41) is 9.70. The third-order valence-electron chi connectivity index (χ3n) is 2.72. The molecule has 0 aromatic carbocycles. The number of nitrogens with zero attached hydrogens (tertiary/aromatic N) is 4. The lowest BCUT2D eigenvalue weighted by atomic mass is 10.3. The van der Waals surface area contributed by atoms with Crippen LogP contribution in [0.4, 0.5) is 0 Å². The summed E-state index contributed by atoms with van der Waals surface area (Å²) in [5.74, 6) is 0.886. The number of carbonyl (C=O) groups excluding carboxylic acids is 1. The standard InChI is InChI=1S/C10H10N4OS2/c15-10(8-3-7(16)5-17-8)13-1-2-14-6-11-12-9(14)4-13/h3,5-6,16H,1-2,4H2. The van der Waals surface area contributed by atoms with E-state index >= 15 is 0 Å². The Morgan fingerprint density at radius 1 is 1.47 bits per heavy atom. The highest BCUT2D eigenvalue weighted by molar-refractivity contribution is 7.80. The van der Waals surface area contributed by atoms with E-state index in [9.17, 15) is 4.79 Å². The van der Waals surface area contributed by atoms with Crippen LogP contribution in [0.3, 0.4) is 0 Å². The minimum absolute atomic E-state index is 0.0459. The minimum atomic E-state index is 0.0459. The van der Waals surface area contributed by atoms with Crippen LogP contribution < -0.4 is 0 Å². The van der Waals surface area contributed by atoms with Crippen molar-refractivity contribution in [1.82, 2.24) is 19.7 Å². The SMILES string of the molecule is O=C(c1cc(S)cs1)N1CCn2cnnc2C1. The van der Waals surface area contributed by atoms with Crippen molar-refractivity contribution < 1.29 is 4.79 Å². The zero-order valence-electron chi connectivity index (χ0n) is 8.91. The first-order chi connectivity index (χ1) is 8.24. The lowest BCUT2D eigenvalue weighted by molar-refractivity contribution is 0.0712. The van der Waals surface area contributed by atoms with E-state index < -0.39 is 0 Å². The number of hydrogen-bond acceptors (Lipinski definition) is 5. The molecule has 3 heterocycles. The van der Waals surface area contributed by atoms with Crippen molar-refractivity contribution in [3.05, 3.63) is 28.5 Å². The normalized spacial score (nSPS) is 14.8. The van der Waals surface area contributed by atoms with Gasteiger partial charge in [-0.05, 0) is 6.07 Å². The third-order valence-corrected chi connectivity index (χ3v) is 4.07. The summed E-state index contributed by atoms with van der Waals surface area (Å²) in [6.07, 6.45) is 1.70. The lowest BCUT2D eigenvalue weighted by Crippen LogP contribution is -2.37. The molecule has 1 amide bonds. The highest BCUT2D eigenvalue weighted by atomic mass is 32.1. The Hall–Kier alpha value is -1.34. The van der Waals surface area contributed by atoms with Gasteiger partial charge in [-0.1, -0.05) is 0 Å². The molecule has 1 aliphatic rings. The zero-order valence-corrected chi connectivity index (χ0v) is 10.6. The lowest BCUT2D eigenvalue weighted by Gasteiger charge is -2.26. The van der Waals surface area contributed by atoms with Crippen molar-refractivity contribution in [2.24, 2.45) is 0 Å². The van der Waals surface area contributed by atoms with Crippen molar-refractivity contribution in [2.75, 3.05) is 6.54 Å². The van der Waals surface area contributed by atoms with Crippen molar-refractivity contribution in [3.8, 4) is 0 Å². The molecular formula is C10H10N4OS2. The molecule has 17 heavy (non-hydrogen) atoms. The molecule has 0 radical (unpaired) electrons. The van der Waals surface area contributed by atoms with Crippen molar-refractivity contribution >= 4 is 29.9 Å². The number of thiophene rings is 1. The molecule has 3 rings (SSSR count). The molecule has 0 N–H and O–H groups in total. The van der Waals surface area contributed by atoms with Crippen LogP contribution >= 0.6 is 24.0 Å². The molecule has 0 fully saturated rings. The van der Waals surface area contributed by atoms with Gasteiger partial charge in [0, 0.05) is 23.4 Å². The van der Waals surface area contributed by atoms with E-state index in [-0.39, 0.29) is 5.91 Å². The maximum Gasteiger partial charge on any atom is 0.264 e. The summed E-state index contributed by atoms with van der Waals surface area (Å²) >= 11 is 5.64. The molecule has 0 spiro atoms. The molecular weight excluding hydrogens is 256 g/mol. The topological polar surface area (TPSA) is 51.0 Å². The van der Waals surface area contributed by atoms with Crippen LogP contribution in [-0.2, 0) is 13.1 Å². The van der Waals surface area contributed by atoms with Crippen LogP contribution in [0.15, 0.2) is 22.7 Å². The first-order valence-electron chi connectivity index (χ1n) is 5.17. The van der Waals surface area contributed by atoms with E-state index in [4.69, 9.17) is 0 Å². The molecule has 5 nitrogen and oxygen atoms in total. The van der Waals surface area contributed by atoms with Gasteiger partial charge in [-0.15, -0.1) is 34.2 Å². The minimum Gasteiger partial charge on any atom is -0.329 e. The maximum absolute atomic E-state index is 12.2. The third kappa shape index (κ3) is 1.96. The van der Waals surface area contributed by atoms with Crippen LogP contribution in [-0.4, -0.2) is 32.1 Å². The fourth-order valence-electron chi connectivity index (χ4n) is 1.83. The Morgan fingerprint density at radius 3 is 3.12 bits per heavy atom. The Labute approximate surface area is 107 Å². The Morgan fingerprint density at radius 2 is 2.35 bits per heavy atom. The smallest absolute Gasteiger partial charge is 0.264 e. The van der Waals surface area contributed by atoms with Gasteiger partial charge in [-0.3, -0.25) is 4.79 Å². The second-order valence-electron chi connectivity index (χ2n) is 3.84.